The number of esters is 1. The molecule has 0 amide bonds. The van der Waals surface area contributed by atoms with Gasteiger partial charge in [0, 0.05) is 24.6 Å². The van der Waals surface area contributed by atoms with E-state index in [1.807, 2.05) is 6.92 Å². The first-order chi connectivity index (χ1) is 8.10. The molecular weight excluding hydrogens is 224 g/mol. The molecule has 0 saturated heterocycles. The molecule has 7 nitrogen and oxygen atoms in total. The van der Waals surface area contributed by atoms with Gasteiger partial charge in [-0.1, -0.05) is 5.11 Å². The highest BCUT2D eigenvalue weighted by molar-refractivity contribution is 5.80. The zero-order valence-electron chi connectivity index (χ0n) is 10.6. The Hall–Kier alpha value is -1.30. The molecule has 0 aliphatic carbocycles. The number of hydrogen-bond acceptors (Lipinski definition) is 5. The molecule has 0 aliphatic rings. The molecule has 98 valence electrons. The van der Waals surface area contributed by atoms with Crippen molar-refractivity contribution in [3.8, 4) is 0 Å². The second-order valence-electron chi connectivity index (χ2n) is 3.57. The molecule has 1 unspecified atom stereocenters. The van der Waals surface area contributed by atoms with Gasteiger partial charge in [-0.25, -0.2) is 4.79 Å². The average molecular weight is 244 g/mol. The first-order valence-corrected chi connectivity index (χ1v) is 5.61. The van der Waals surface area contributed by atoms with Crippen LogP contribution < -0.4 is 5.32 Å². The third-order valence-electron chi connectivity index (χ3n) is 2.11. The van der Waals surface area contributed by atoms with Gasteiger partial charge in [0.05, 0.1) is 13.2 Å². The van der Waals surface area contributed by atoms with Crippen molar-refractivity contribution in [1.29, 1.82) is 0 Å². The van der Waals surface area contributed by atoms with Crippen LogP contribution >= 0.6 is 0 Å². The van der Waals surface area contributed by atoms with E-state index in [1.165, 1.54) is 0 Å². The van der Waals surface area contributed by atoms with E-state index in [9.17, 15) is 4.79 Å². The minimum absolute atomic E-state index is 0.221. The second kappa shape index (κ2) is 8.81. The predicted octanol–water partition coefficient (Wildman–Crippen LogP) is 1.24. The summed E-state index contributed by atoms with van der Waals surface area (Å²) >= 11 is 0. The second-order valence-corrected chi connectivity index (χ2v) is 3.57. The van der Waals surface area contributed by atoms with Crippen LogP contribution in [-0.2, 0) is 14.3 Å². The Morgan fingerprint density at radius 1 is 1.47 bits per heavy atom. The highest BCUT2D eigenvalue weighted by Crippen LogP contribution is 2.07. The Morgan fingerprint density at radius 3 is 2.71 bits per heavy atom. The molecule has 0 aliphatic heterocycles. The van der Waals surface area contributed by atoms with Crippen LogP contribution in [0.4, 0.5) is 0 Å². The third kappa shape index (κ3) is 6.11. The average Bonchev–Trinajstić information content (AvgIpc) is 2.32. The van der Waals surface area contributed by atoms with Gasteiger partial charge in [0.2, 0.25) is 0 Å². The number of carbonyl (C=O) groups is 1. The van der Waals surface area contributed by atoms with Crippen molar-refractivity contribution in [2.24, 2.45) is 5.11 Å². The number of hydrogen-bond donors (Lipinski definition) is 1. The number of nitrogens with one attached hydrogen (secondary N) is 1. The Morgan fingerprint density at radius 2 is 2.18 bits per heavy atom. The Labute approximate surface area is 101 Å². The highest BCUT2D eigenvalue weighted by atomic mass is 16.5. The summed E-state index contributed by atoms with van der Waals surface area (Å²) < 4.78 is 10.2. The van der Waals surface area contributed by atoms with Crippen molar-refractivity contribution in [3.63, 3.8) is 0 Å². The molecule has 0 rings (SSSR count). The fourth-order valence-corrected chi connectivity index (χ4v) is 1.21. The van der Waals surface area contributed by atoms with E-state index in [4.69, 9.17) is 15.0 Å². The first kappa shape index (κ1) is 15.7. The van der Waals surface area contributed by atoms with Gasteiger partial charge in [-0.3, -0.25) is 0 Å². The van der Waals surface area contributed by atoms with Crippen molar-refractivity contribution in [2.45, 2.75) is 26.3 Å². The fraction of sp³-hybridized carbons (Fsp3) is 0.900. The van der Waals surface area contributed by atoms with Crippen molar-refractivity contribution in [1.82, 2.24) is 5.32 Å². The zero-order valence-corrected chi connectivity index (χ0v) is 10.6. The molecule has 7 heteroatoms. The van der Waals surface area contributed by atoms with Crippen LogP contribution in [0.15, 0.2) is 5.11 Å². The Bertz CT molecular complexity index is 279. The van der Waals surface area contributed by atoms with Gasteiger partial charge in [0.15, 0.2) is 0 Å². The molecule has 1 atom stereocenters. The predicted molar refractivity (Wildman–Crippen MR) is 63.5 cm³/mol. The quantitative estimate of drug-likeness (QED) is 0.217. The highest BCUT2D eigenvalue weighted by Gasteiger charge is 2.34. The Balaban J connectivity index is 4.36. The lowest BCUT2D eigenvalue weighted by Gasteiger charge is -2.27. The van der Waals surface area contributed by atoms with Gasteiger partial charge < -0.3 is 14.8 Å². The molecule has 1 N–H and O–H groups in total. The summed E-state index contributed by atoms with van der Waals surface area (Å²) in [4.78, 5) is 14.4. The molecule has 0 bridgehead atoms. The molecule has 17 heavy (non-hydrogen) atoms. The van der Waals surface area contributed by atoms with Crippen molar-refractivity contribution >= 4 is 5.97 Å². The van der Waals surface area contributed by atoms with E-state index in [0.717, 1.165) is 0 Å². The van der Waals surface area contributed by atoms with Crippen LogP contribution in [0, 0.1) is 0 Å². The van der Waals surface area contributed by atoms with Crippen LogP contribution in [0.3, 0.4) is 0 Å². The fourth-order valence-electron chi connectivity index (χ4n) is 1.21. The summed E-state index contributed by atoms with van der Waals surface area (Å²) in [6.07, 6.45) is 0. The number of ether oxygens (including phenoxy) is 2. The van der Waals surface area contributed by atoms with E-state index in [2.05, 4.69) is 15.3 Å². The van der Waals surface area contributed by atoms with Gasteiger partial charge in [0.25, 0.3) is 0 Å². The molecule has 0 fully saturated rings. The first-order valence-electron chi connectivity index (χ1n) is 5.61. The summed E-state index contributed by atoms with van der Waals surface area (Å²) in [6.45, 7) is 7.04. The van der Waals surface area contributed by atoms with Crippen LogP contribution in [0.5, 0.6) is 0 Å². The lowest BCUT2D eigenvalue weighted by molar-refractivity contribution is -0.153. The lowest BCUT2D eigenvalue weighted by Crippen LogP contribution is -2.54. The molecule has 0 aromatic carbocycles. The summed E-state index contributed by atoms with van der Waals surface area (Å²) in [6, 6.07) is 0. The number of rotatable bonds is 9. The minimum Gasteiger partial charge on any atom is -0.465 e. The van der Waals surface area contributed by atoms with Crippen molar-refractivity contribution < 1.29 is 14.3 Å². The number of nitrogens with zero attached hydrogens (tertiary/aromatic N) is 3. The van der Waals surface area contributed by atoms with Gasteiger partial charge in [0.1, 0.15) is 5.54 Å². The molecule has 0 saturated carbocycles. The number of azide groups is 1. The van der Waals surface area contributed by atoms with Gasteiger partial charge in [-0.2, -0.15) is 0 Å². The van der Waals surface area contributed by atoms with Crippen LogP contribution in [0.25, 0.3) is 10.4 Å². The van der Waals surface area contributed by atoms with E-state index >= 15 is 0 Å². The molecule has 0 aromatic rings. The largest absolute Gasteiger partial charge is 0.465 e. The normalized spacial score (nSPS) is 13.6. The van der Waals surface area contributed by atoms with E-state index in [-0.39, 0.29) is 19.1 Å². The maximum Gasteiger partial charge on any atom is 0.328 e. The molecule has 0 heterocycles. The standard InChI is InChI=1S/C10H20N4O3/c1-4-16-8-10(3,9(15)17-5-2)12-6-7-13-14-11/h12H,4-8H2,1-3H3. The van der Waals surface area contributed by atoms with Gasteiger partial charge in [-0.05, 0) is 26.3 Å². The maximum atomic E-state index is 11.8. The topological polar surface area (TPSA) is 96.3 Å². The van der Waals surface area contributed by atoms with Crippen LogP contribution in [0.1, 0.15) is 20.8 Å². The maximum absolute atomic E-state index is 11.8. The van der Waals surface area contributed by atoms with E-state index < -0.39 is 5.54 Å². The summed E-state index contributed by atoms with van der Waals surface area (Å²) in [7, 11) is 0. The van der Waals surface area contributed by atoms with E-state index in [1.54, 1.807) is 13.8 Å². The SMILES string of the molecule is CCOCC(C)(NCCN=[N+]=[N-])C(=O)OCC. The lowest BCUT2D eigenvalue weighted by atomic mass is 10.0. The van der Waals surface area contributed by atoms with E-state index in [0.29, 0.717) is 19.8 Å². The van der Waals surface area contributed by atoms with Crippen molar-refractivity contribution in [2.75, 3.05) is 32.9 Å². The Kier molecular flexibility index (Phi) is 8.13. The third-order valence-corrected chi connectivity index (χ3v) is 2.11. The smallest absolute Gasteiger partial charge is 0.328 e. The van der Waals surface area contributed by atoms with Crippen LogP contribution in [0.2, 0.25) is 0 Å². The number of carbonyl (C=O) groups excluding carboxylic acids is 1. The molecule has 0 radical (unpaired) electrons. The van der Waals surface area contributed by atoms with Crippen molar-refractivity contribution in [3.05, 3.63) is 10.4 Å². The summed E-state index contributed by atoms with van der Waals surface area (Å²) in [5.41, 5.74) is 7.24. The molecular formula is C10H20N4O3. The zero-order chi connectivity index (χ0) is 13.1. The summed E-state index contributed by atoms with van der Waals surface area (Å²) in [5.74, 6) is -0.366. The molecule has 0 aromatic heterocycles. The summed E-state index contributed by atoms with van der Waals surface area (Å²) in [5, 5.41) is 6.37. The molecule has 0 spiro atoms. The minimum atomic E-state index is -0.906. The van der Waals surface area contributed by atoms with Gasteiger partial charge >= 0.3 is 5.97 Å². The monoisotopic (exact) mass is 244 g/mol. The van der Waals surface area contributed by atoms with Gasteiger partial charge in [-0.15, -0.1) is 0 Å². The van der Waals surface area contributed by atoms with Crippen LogP contribution in [-0.4, -0.2) is 44.4 Å².